The largest absolute Gasteiger partial charge is 0.479 e. The monoisotopic (exact) mass is 313 g/mol. The Bertz CT molecular complexity index is 734. The summed E-state index contributed by atoms with van der Waals surface area (Å²) in [5.41, 5.74) is 1.72. The zero-order valence-electron chi connectivity index (χ0n) is 13.0. The zero-order chi connectivity index (χ0) is 16.4. The predicted octanol–water partition coefficient (Wildman–Crippen LogP) is 2.73. The van der Waals surface area contributed by atoms with Crippen molar-refractivity contribution in [2.45, 2.75) is 32.2 Å². The maximum Gasteiger partial charge on any atom is 0.331 e. The van der Waals surface area contributed by atoms with E-state index in [-0.39, 0.29) is 12.3 Å². The van der Waals surface area contributed by atoms with E-state index in [9.17, 15) is 14.7 Å². The smallest absolute Gasteiger partial charge is 0.331 e. The van der Waals surface area contributed by atoms with Crippen molar-refractivity contribution in [1.29, 1.82) is 0 Å². The van der Waals surface area contributed by atoms with Crippen molar-refractivity contribution in [1.82, 2.24) is 4.90 Å². The molecule has 0 radical (unpaired) electrons. The molecule has 1 aliphatic heterocycles. The SMILES string of the molecule is Cc1ccc(CCC(=O)N2CCc3ccccc3[C@H]2C(=O)O)o1. The lowest BCUT2D eigenvalue weighted by atomic mass is 9.92. The van der Waals surface area contributed by atoms with Gasteiger partial charge in [-0.1, -0.05) is 24.3 Å². The molecule has 0 aliphatic carbocycles. The van der Waals surface area contributed by atoms with Gasteiger partial charge in [-0.2, -0.15) is 0 Å². The number of rotatable bonds is 4. The molecule has 1 aliphatic rings. The summed E-state index contributed by atoms with van der Waals surface area (Å²) in [6.07, 6.45) is 1.42. The molecule has 1 N–H and O–H groups in total. The molecule has 3 rings (SSSR count). The molecule has 0 saturated heterocycles. The minimum absolute atomic E-state index is 0.152. The number of carboxylic acid groups (broad SMARTS) is 1. The summed E-state index contributed by atoms with van der Waals surface area (Å²) >= 11 is 0. The van der Waals surface area contributed by atoms with Crippen molar-refractivity contribution < 1.29 is 19.1 Å². The fourth-order valence-corrected chi connectivity index (χ4v) is 3.09. The molecule has 120 valence electrons. The Labute approximate surface area is 134 Å². The third kappa shape index (κ3) is 3.13. The highest BCUT2D eigenvalue weighted by Gasteiger charge is 2.35. The number of carbonyl (C=O) groups excluding carboxylic acids is 1. The van der Waals surface area contributed by atoms with Gasteiger partial charge < -0.3 is 14.4 Å². The van der Waals surface area contributed by atoms with Crippen molar-refractivity contribution in [3.8, 4) is 0 Å². The lowest BCUT2D eigenvalue weighted by Crippen LogP contribution is -2.43. The van der Waals surface area contributed by atoms with Crippen LogP contribution in [0.4, 0.5) is 0 Å². The van der Waals surface area contributed by atoms with Crippen LogP contribution in [0.25, 0.3) is 0 Å². The van der Waals surface area contributed by atoms with Crippen molar-refractivity contribution in [3.05, 3.63) is 59.0 Å². The van der Waals surface area contributed by atoms with E-state index in [1.165, 1.54) is 4.90 Å². The molecular formula is C18H19NO4. The molecule has 1 amide bonds. The fourth-order valence-electron chi connectivity index (χ4n) is 3.09. The first kappa shape index (κ1) is 15.3. The van der Waals surface area contributed by atoms with Crippen LogP contribution in [0.2, 0.25) is 0 Å². The van der Waals surface area contributed by atoms with E-state index >= 15 is 0 Å². The number of nitrogens with zero attached hydrogens (tertiary/aromatic N) is 1. The zero-order valence-corrected chi connectivity index (χ0v) is 13.0. The van der Waals surface area contributed by atoms with E-state index in [0.717, 1.165) is 17.1 Å². The van der Waals surface area contributed by atoms with E-state index < -0.39 is 12.0 Å². The van der Waals surface area contributed by atoms with Gasteiger partial charge in [0.15, 0.2) is 6.04 Å². The van der Waals surface area contributed by atoms with Gasteiger partial charge >= 0.3 is 5.97 Å². The van der Waals surface area contributed by atoms with Crippen LogP contribution in [0, 0.1) is 6.92 Å². The molecule has 0 bridgehead atoms. The first-order valence-corrected chi connectivity index (χ1v) is 7.71. The molecular weight excluding hydrogens is 294 g/mol. The molecule has 5 heteroatoms. The first-order chi connectivity index (χ1) is 11.1. The Kier molecular flexibility index (Phi) is 4.19. The average molecular weight is 313 g/mol. The number of carbonyl (C=O) groups is 2. The third-order valence-electron chi connectivity index (χ3n) is 4.22. The standard InChI is InChI=1S/C18H19NO4/c1-12-6-7-14(23-12)8-9-16(20)19-11-10-13-4-2-3-5-15(13)17(19)18(21)22/h2-7,17H,8-11H2,1H3,(H,21,22)/t17-/m0/s1. The number of carboxylic acids is 1. The van der Waals surface area contributed by atoms with E-state index in [4.69, 9.17) is 4.42 Å². The Morgan fingerprint density at radius 2 is 2.04 bits per heavy atom. The highest BCUT2D eigenvalue weighted by Crippen LogP contribution is 2.30. The maximum absolute atomic E-state index is 12.5. The number of amides is 1. The van der Waals surface area contributed by atoms with Crippen molar-refractivity contribution in [3.63, 3.8) is 0 Å². The lowest BCUT2D eigenvalue weighted by Gasteiger charge is -2.34. The minimum Gasteiger partial charge on any atom is -0.479 e. The Hall–Kier alpha value is -2.56. The van der Waals surface area contributed by atoms with Gasteiger partial charge in [0.1, 0.15) is 11.5 Å². The van der Waals surface area contributed by atoms with Gasteiger partial charge in [-0.3, -0.25) is 4.79 Å². The average Bonchev–Trinajstić information content (AvgIpc) is 2.96. The summed E-state index contributed by atoms with van der Waals surface area (Å²) in [6, 6.07) is 10.2. The van der Waals surface area contributed by atoms with Crippen LogP contribution in [0.15, 0.2) is 40.8 Å². The third-order valence-corrected chi connectivity index (χ3v) is 4.22. The molecule has 5 nitrogen and oxygen atoms in total. The summed E-state index contributed by atoms with van der Waals surface area (Å²) in [5, 5.41) is 9.58. The first-order valence-electron chi connectivity index (χ1n) is 7.71. The normalized spacial score (nSPS) is 16.9. The van der Waals surface area contributed by atoms with Crippen LogP contribution in [-0.4, -0.2) is 28.4 Å². The molecule has 1 atom stereocenters. The number of fused-ring (bicyclic) bond motifs is 1. The van der Waals surface area contributed by atoms with Gasteiger partial charge in [0.05, 0.1) is 0 Å². The molecule has 0 saturated carbocycles. The van der Waals surface area contributed by atoms with Crippen LogP contribution in [0.3, 0.4) is 0 Å². The van der Waals surface area contributed by atoms with Crippen LogP contribution in [0.1, 0.15) is 35.1 Å². The number of aryl methyl sites for hydroxylation is 2. The second-order valence-electron chi connectivity index (χ2n) is 5.79. The summed E-state index contributed by atoms with van der Waals surface area (Å²) in [7, 11) is 0. The maximum atomic E-state index is 12.5. The van der Waals surface area contributed by atoms with Gasteiger partial charge in [0, 0.05) is 19.4 Å². The second-order valence-corrected chi connectivity index (χ2v) is 5.79. The molecule has 2 heterocycles. The Morgan fingerprint density at radius 1 is 1.26 bits per heavy atom. The number of benzene rings is 1. The summed E-state index contributed by atoms with van der Waals surface area (Å²) < 4.78 is 5.46. The van der Waals surface area contributed by atoms with E-state index in [2.05, 4.69) is 0 Å². The molecule has 1 aromatic heterocycles. The molecule has 0 fully saturated rings. The molecule has 1 aromatic carbocycles. The Balaban J connectivity index is 1.76. The van der Waals surface area contributed by atoms with Gasteiger partial charge in [-0.05, 0) is 36.6 Å². The Morgan fingerprint density at radius 3 is 2.74 bits per heavy atom. The fraction of sp³-hybridized carbons (Fsp3) is 0.333. The van der Waals surface area contributed by atoms with E-state index in [1.54, 1.807) is 6.07 Å². The number of aliphatic carboxylic acids is 1. The topological polar surface area (TPSA) is 70.8 Å². The van der Waals surface area contributed by atoms with Crippen molar-refractivity contribution >= 4 is 11.9 Å². The molecule has 0 spiro atoms. The van der Waals surface area contributed by atoms with Crippen LogP contribution < -0.4 is 0 Å². The molecule has 2 aromatic rings. The molecule has 23 heavy (non-hydrogen) atoms. The van der Waals surface area contributed by atoms with Gasteiger partial charge in [0.2, 0.25) is 5.91 Å². The van der Waals surface area contributed by atoms with Crippen LogP contribution in [0.5, 0.6) is 0 Å². The number of furan rings is 1. The highest BCUT2D eigenvalue weighted by atomic mass is 16.4. The summed E-state index contributed by atoms with van der Waals surface area (Å²) in [4.78, 5) is 25.7. The van der Waals surface area contributed by atoms with E-state index in [1.807, 2.05) is 37.3 Å². The van der Waals surface area contributed by atoms with Gasteiger partial charge in [-0.25, -0.2) is 4.79 Å². The highest BCUT2D eigenvalue weighted by molar-refractivity contribution is 5.85. The number of hydrogen-bond acceptors (Lipinski definition) is 3. The summed E-state index contributed by atoms with van der Waals surface area (Å²) in [5.74, 6) is 0.420. The summed E-state index contributed by atoms with van der Waals surface area (Å²) in [6.45, 7) is 2.29. The predicted molar refractivity (Wildman–Crippen MR) is 84.0 cm³/mol. The quantitative estimate of drug-likeness (QED) is 0.942. The van der Waals surface area contributed by atoms with Gasteiger partial charge in [-0.15, -0.1) is 0 Å². The van der Waals surface area contributed by atoms with Crippen molar-refractivity contribution in [2.75, 3.05) is 6.54 Å². The van der Waals surface area contributed by atoms with Crippen LogP contribution in [-0.2, 0) is 22.4 Å². The number of hydrogen-bond donors (Lipinski definition) is 1. The van der Waals surface area contributed by atoms with Gasteiger partial charge in [0.25, 0.3) is 0 Å². The molecule has 0 unspecified atom stereocenters. The van der Waals surface area contributed by atoms with Crippen molar-refractivity contribution in [2.24, 2.45) is 0 Å². The lowest BCUT2D eigenvalue weighted by molar-refractivity contribution is -0.151. The van der Waals surface area contributed by atoms with E-state index in [0.29, 0.717) is 24.9 Å². The minimum atomic E-state index is -0.987. The second kappa shape index (κ2) is 6.28. The van der Waals surface area contributed by atoms with Crippen LogP contribution >= 0.6 is 0 Å².